The summed E-state index contributed by atoms with van der Waals surface area (Å²) < 4.78 is 13.3. The lowest BCUT2D eigenvalue weighted by Crippen LogP contribution is -2.27. The Morgan fingerprint density at radius 1 is 1.00 bits per heavy atom. The largest absolute Gasteiger partial charge is 0.369 e. The molecule has 24 heavy (non-hydrogen) atoms. The highest BCUT2D eigenvalue weighted by molar-refractivity contribution is 6.18. The van der Waals surface area contributed by atoms with Crippen LogP contribution in [0, 0.1) is 19.7 Å². The highest BCUT2D eigenvalue weighted by Gasteiger charge is 2.07. The van der Waals surface area contributed by atoms with Crippen LogP contribution in [0.25, 0.3) is 0 Å². The molecular weight excluding hydrogens is 346 g/mol. The second kappa shape index (κ2) is 9.05. The van der Waals surface area contributed by atoms with Gasteiger partial charge in [-0.05, 0) is 60.9 Å². The number of aliphatic imine (C=N–C) groups is 1. The summed E-state index contributed by atoms with van der Waals surface area (Å²) in [7, 11) is 0. The van der Waals surface area contributed by atoms with Crippen molar-refractivity contribution in [3.05, 3.63) is 58.9 Å². The van der Waals surface area contributed by atoms with Crippen LogP contribution in [0.15, 0.2) is 41.4 Å². The molecule has 0 unspecified atom stereocenters. The minimum Gasteiger partial charge on any atom is -0.369 e. The number of benzene rings is 2. The van der Waals surface area contributed by atoms with Gasteiger partial charge in [0.15, 0.2) is 0 Å². The Labute approximate surface area is 152 Å². The smallest absolute Gasteiger partial charge is 0.126 e. The molecule has 0 fully saturated rings. The first-order valence-corrected chi connectivity index (χ1v) is 8.90. The number of alkyl halides is 2. The van der Waals surface area contributed by atoms with E-state index in [-0.39, 0.29) is 5.82 Å². The van der Waals surface area contributed by atoms with Gasteiger partial charge >= 0.3 is 0 Å². The van der Waals surface area contributed by atoms with E-state index in [9.17, 15) is 4.39 Å². The molecule has 0 saturated carbocycles. The Morgan fingerprint density at radius 3 is 2.29 bits per heavy atom. The molecule has 128 valence electrons. The van der Waals surface area contributed by atoms with Crippen molar-refractivity contribution in [2.24, 2.45) is 4.99 Å². The maximum atomic E-state index is 13.3. The lowest BCUT2D eigenvalue weighted by Gasteiger charge is -2.23. The SMILES string of the molecule is Cc1cc(N=Cc2ccc(N(CCCl)CCCl)cc2C)ccc1F. The average Bonchev–Trinajstić information content (AvgIpc) is 2.56. The number of hydrogen-bond acceptors (Lipinski definition) is 2. The molecule has 0 bridgehead atoms. The van der Waals surface area contributed by atoms with Crippen LogP contribution >= 0.6 is 23.2 Å². The van der Waals surface area contributed by atoms with Crippen molar-refractivity contribution in [2.45, 2.75) is 13.8 Å². The molecule has 2 aromatic carbocycles. The van der Waals surface area contributed by atoms with Gasteiger partial charge in [-0.1, -0.05) is 6.07 Å². The Morgan fingerprint density at radius 2 is 1.71 bits per heavy atom. The van der Waals surface area contributed by atoms with Crippen LogP contribution < -0.4 is 4.90 Å². The van der Waals surface area contributed by atoms with Gasteiger partial charge in [-0.2, -0.15) is 0 Å². The van der Waals surface area contributed by atoms with Crippen LogP contribution in [0.1, 0.15) is 16.7 Å². The standard InChI is InChI=1S/C19H21Cl2FN2/c1-14-12-18(24(9-7-20)10-8-21)5-3-16(14)13-23-17-4-6-19(22)15(2)11-17/h3-6,11-13H,7-10H2,1-2H3. The predicted molar refractivity (Wildman–Crippen MR) is 103 cm³/mol. The minimum atomic E-state index is -0.215. The minimum absolute atomic E-state index is 0.215. The van der Waals surface area contributed by atoms with Gasteiger partial charge in [0, 0.05) is 36.8 Å². The van der Waals surface area contributed by atoms with E-state index >= 15 is 0 Å². The molecule has 0 N–H and O–H groups in total. The van der Waals surface area contributed by atoms with Gasteiger partial charge in [0.1, 0.15) is 5.82 Å². The Balaban J connectivity index is 2.19. The fourth-order valence-electron chi connectivity index (χ4n) is 2.43. The zero-order valence-corrected chi connectivity index (χ0v) is 15.4. The zero-order chi connectivity index (χ0) is 17.5. The maximum Gasteiger partial charge on any atom is 0.126 e. The van der Waals surface area contributed by atoms with Crippen molar-refractivity contribution >= 4 is 40.8 Å². The lowest BCUT2D eigenvalue weighted by atomic mass is 10.1. The van der Waals surface area contributed by atoms with E-state index in [2.05, 4.69) is 16.0 Å². The average molecular weight is 367 g/mol. The fourth-order valence-corrected chi connectivity index (χ4v) is 2.84. The summed E-state index contributed by atoms with van der Waals surface area (Å²) in [6.07, 6.45) is 1.80. The third-order valence-corrected chi connectivity index (χ3v) is 4.16. The molecule has 0 radical (unpaired) electrons. The van der Waals surface area contributed by atoms with Gasteiger partial charge in [-0.15, -0.1) is 23.2 Å². The monoisotopic (exact) mass is 366 g/mol. The summed E-state index contributed by atoms with van der Waals surface area (Å²) in [4.78, 5) is 6.60. The molecule has 2 nitrogen and oxygen atoms in total. The molecule has 2 aromatic rings. The van der Waals surface area contributed by atoms with Crippen molar-refractivity contribution in [2.75, 3.05) is 29.7 Å². The summed E-state index contributed by atoms with van der Waals surface area (Å²) in [5.41, 5.74) is 4.57. The van der Waals surface area contributed by atoms with Crippen LogP contribution in [0.5, 0.6) is 0 Å². The molecule has 0 saturated heterocycles. The first-order valence-electron chi connectivity index (χ1n) is 7.83. The normalized spacial score (nSPS) is 11.2. The lowest BCUT2D eigenvalue weighted by molar-refractivity contribution is 0.618. The zero-order valence-electron chi connectivity index (χ0n) is 13.9. The van der Waals surface area contributed by atoms with Crippen molar-refractivity contribution in [1.82, 2.24) is 0 Å². The van der Waals surface area contributed by atoms with Crippen LogP contribution in [0.4, 0.5) is 15.8 Å². The van der Waals surface area contributed by atoms with Gasteiger partial charge in [0.2, 0.25) is 0 Å². The molecule has 0 aromatic heterocycles. The van der Waals surface area contributed by atoms with Crippen molar-refractivity contribution in [1.29, 1.82) is 0 Å². The Bertz CT molecular complexity index is 711. The molecule has 0 aliphatic heterocycles. The fraction of sp³-hybridized carbons (Fsp3) is 0.316. The summed E-state index contributed by atoms with van der Waals surface area (Å²) >= 11 is 11.7. The van der Waals surface area contributed by atoms with Crippen molar-refractivity contribution in [3.8, 4) is 0 Å². The van der Waals surface area contributed by atoms with E-state index in [0.29, 0.717) is 17.3 Å². The quantitative estimate of drug-likeness (QED) is 0.468. The second-order valence-corrected chi connectivity index (χ2v) is 6.35. The molecule has 0 spiro atoms. The van der Waals surface area contributed by atoms with Gasteiger partial charge in [-0.3, -0.25) is 4.99 Å². The van der Waals surface area contributed by atoms with Crippen molar-refractivity contribution in [3.63, 3.8) is 0 Å². The molecule has 0 aliphatic carbocycles. The van der Waals surface area contributed by atoms with E-state index in [1.54, 1.807) is 25.3 Å². The highest BCUT2D eigenvalue weighted by Crippen LogP contribution is 2.20. The third kappa shape index (κ3) is 4.96. The molecule has 0 amide bonds. The molecule has 5 heteroatoms. The highest BCUT2D eigenvalue weighted by atomic mass is 35.5. The predicted octanol–water partition coefficient (Wildman–Crippen LogP) is 5.48. The number of halogens is 3. The summed E-state index contributed by atoms with van der Waals surface area (Å²) in [6.45, 7) is 5.29. The van der Waals surface area contributed by atoms with E-state index in [0.717, 1.165) is 35.6 Å². The molecule has 0 aliphatic rings. The first-order chi connectivity index (χ1) is 11.5. The number of rotatable bonds is 7. The third-order valence-electron chi connectivity index (χ3n) is 3.82. The number of anilines is 1. The van der Waals surface area contributed by atoms with Crippen LogP contribution in [-0.2, 0) is 0 Å². The molecular formula is C19H21Cl2FN2. The van der Waals surface area contributed by atoms with Gasteiger partial charge in [0.25, 0.3) is 0 Å². The topological polar surface area (TPSA) is 15.6 Å². The Kier molecular flexibility index (Phi) is 7.07. The van der Waals surface area contributed by atoms with Gasteiger partial charge in [0.05, 0.1) is 5.69 Å². The summed E-state index contributed by atoms with van der Waals surface area (Å²) in [5.74, 6) is 0.903. The number of nitrogens with zero attached hydrogens (tertiary/aromatic N) is 2. The van der Waals surface area contributed by atoms with Crippen molar-refractivity contribution < 1.29 is 4.39 Å². The van der Waals surface area contributed by atoms with E-state index in [1.807, 2.05) is 19.1 Å². The second-order valence-electron chi connectivity index (χ2n) is 5.60. The van der Waals surface area contributed by atoms with E-state index < -0.39 is 0 Å². The van der Waals surface area contributed by atoms with Gasteiger partial charge in [-0.25, -0.2) is 4.39 Å². The van der Waals surface area contributed by atoms with Crippen LogP contribution in [0.3, 0.4) is 0 Å². The van der Waals surface area contributed by atoms with Crippen LogP contribution in [-0.4, -0.2) is 31.1 Å². The Hall–Kier alpha value is -1.58. The number of hydrogen-bond donors (Lipinski definition) is 0. The van der Waals surface area contributed by atoms with Gasteiger partial charge < -0.3 is 4.90 Å². The molecule has 0 atom stereocenters. The number of aryl methyl sites for hydroxylation is 2. The van der Waals surface area contributed by atoms with E-state index in [1.165, 1.54) is 6.07 Å². The van der Waals surface area contributed by atoms with Crippen LogP contribution in [0.2, 0.25) is 0 Å². The summed E-state index contributed by atoms with van der Waals surface area (Å²) in [6, 6.07) is 11.0. The molecule has 2 rings (SSSR count). The van der Waals surface area contributed by atoms with E-state index in [4.69, 9.17) is 23.2 Å². The first kappa shape index (κ1) is 18.8. The maximum absolute atomic E-state index is 13.3. The summed E-state index contributed by atoms with van der Waals surface area (Å²) in [5, 5.41) is 0. The molecule has 0 heterocycles.